The molecule has 33 heavy (non-hydrogen) atoms. The lowest BCUT2D eigenvalue weighted by Crippen LogP contribution is -2.41. The van der Waals surface area contributed by atoms with Gasteiger partial charge in [0.15, 0.2) is 0 Å². The Morgan fingerprint density at radius 3 is 2.67 bits per heavy atom. The highest BCUT2D eigenvalue weighted by atomic mass is 35.5. The Morgan fingerprint density at radius 2 is 1.97 bits per heavy atom. The van der Waals surface area contributed by atoms with Gasteiger partial charge >= 0.3 is 0 Å². The summed E-state index contributed by atoms with van der Waals surface area (Å²) in [5.74, 6) is 0.660. The summed E-state index contributed by atoms with van der Waals surface area (Å²) in [6.07, 6.45) is 3.96. The molecule has 1 aliphatic carbocycles. The fraction of sp³-hybridized carbons (Fsp3) is 0.423. The van der Waals surface area contributed by atoms with E-state index in [2.05, 4.69) is 0 Å². The van der Waals surface area contributed by atoms with Crippen LogP contribution in [0.2, 0.25) is 5.02 Å². The largest absolute Gasteiger partial charge is 0.383 e. The molecule has 1 amide bonds. The Hall–Kier alpha value is -2.70. The van der Waals surface area contributed by atoms with Crippen molar-refractivity contribution in [1.29, 1.82) is 0 Å². The summed E-state index contributed by atoms with van der Waals surface area (Å²) in [5.41, 5.74) is 2.03. The highest BCUT2D eigenvalue weighted by Gasteiger charge is 2.32. The van der Waals surface area contributed by atoms with Crippen LogP contribution in [0.1, 0.15) is 50.0 Å². The number of aryl methyl sites for hydroxylation is 1. The minimum Gasteiger partial charge on any atom is -0.383 e. The molecule has 0 aliphatic heterocycles. The van der Waals surface area contributed by atoms with E-state index < -0.39 is 6.04 Å². The predicted octanol–water partition coefficient (Wildman–Crippen LogP) is 5.07. The molecule has 1 aromatic heterocycles. The van der Waals surface area contributed by atoms with Crippen molar-refractivity contribution in [1.82, 2.24) is 14.5 Å². The molecule has 1 heterocycles. The van der Waals surface area contributed by atoms with Crippen LogP contribution in [0, 0.1) is 12.8 Å². The van der Waals surface area contributed by atoms with Crippen LogP contribution in [0.5, 0.6) is 0 Å². The second-order valence-electron chi connectivity index (χ2n) is 8.74. The quantitative estimate of drug-likeness (QED) is 0.486. The zero-order chi connectivity index (χ0) is 23.5. The zero-order valence-corrected chi connectivity index (χ0v) is 20.1. The lowest BCUT2D eigenvalue weighted by molar-refractivity contribution is -0.138. The van der Waals surface area contributed by atoms with Crippen molar-refractivity contribution in [2.45, 2.75) is 45.6 Å². The van der Waals surface area contributed by atoms with Gasteiger partial charge in [-0.3, -0.25) is 14.2 Å². The van der Waals surface area contributed by atoms with E-state index in [0.29, 0.717) is 40.6 Å². The molecule has 0 N–H and O–H groups in total. The average molecular weight is 468 g/mol. The fourth-order valence-electron chi connectivity index (χ4n) is 4.76. The van der Waals surface area contributed by atoms with Crippen LogP contribution >= 0.6 is 11.6 Å². The summed E-state index contributed by atoms with van der Waals surface area (Å²) in [6, 6.07) is 12.4. The summed E-state index contributed by atoms with van der Waals surface area (Å²) in [7, 11) is 1.63. The number of nitrogens with zero attached hydrogens (tertiary/aromatic N) is 3. The minimum atomic E-state index is -0.416. The van der Waals surface area contributed by atoms with Gasteiger partial charge in [-0.25, -0.2) is 4.98 Å². The van der Waals surface area contributed by atoms with E-state index in [-0.39, 0.29) is 17.4 Å². The Labute approximate surface area is 199 Å². The molecule has 1 unspecified atom stereocenters. The molecule has 0 saturated heterocycles. The van der Waals surface area contributed by atoms with E-state index in [1.165, 1.54) is 0 Å². The summed E-state index contributed by atoms with van der Waals surface area (Å²) >= 11 is 6.19. The predicted molar refractivity (Wildman–Crippen MR) is 131 cm³/mol. The smallest absolute Gasteiger partial charge is 0.266 e. The van der Waals surface area contributed by atoms with Crippen molar-refractivity contribution in [3.63, 3.8) is 0 Å². The van der Waals surface area contributed by atoms with Crippen molar-refractivity contribution in [3.8, 4) is 5.69 Å². The molecule has 7 heteroatoms. The van der Waals surface area contributed by atoms with E-state index in [1.54, 1.807) is 23.8 Å². The fourth-order valence-corrected chi connectivity index (χ4v) is 4.99. The van der Waals surface area contributed by atoms with Crippen molar-refractivity contribution >= 4 is 28.4 Å². The highest BCUT2D eigenvalue weighted by Crippen LogP contribution is 2.31. The number of benzene rings is 2. The van der Waals surface area contributed by atoms with Gasteiger partial charge in [0.2, 0.25) is 5.91 Å². The van der Waals surface area contributed by atoms with Crippen LogP contribution in [0.3, 0.4) is 0 Å². The van der Waals surface area contributed by atoms with Crippen LogP contribution in [-0.2, 0) is 9.53 Å². The number of para-hydroxylation sites is 1. The van der Waals surface area contributed by atoms with Gasteiger partial charge in [-0.15, -0.1) is 0 Å². The lowest BCUT2D eigenvalue weighted by Gasteiger charge is -2.32. The monoisotopic (exact) mass is 467 g/mol. The standard InChI is InChI=1S/C26H30ClN3O3/c1-17-16-20(27)12-13-23(17)30-24(28-22-11-7-6-10-21(22)26(30)32)18(2)29(14-15-33-3)25(31)19-8-4-5-9-19/h6-7,10-13,16,18-19H,4-5,8-9,14-15H2,1-3H3. The first kappa shape index (κ1) is 23.5. The van der Waals surface area contributed by atoms with Crippen LogP contribution in [0.4, 0.5) is 0 Å². The third-order valence-electron chi connectivity index (χ3n) is 6.57. The number of ether oxygens (including phenoxy) is 1. The first-order valence-electron chi connectivity index (χ1n) is 11.5. The van der Waals surface area contributed by atoms with Gasteiger partial charge < -0.3 is 9.64 Å². The molecule has 2 aromatic carbocycles. The molecule has 0 radical (unpaired) electrons. The SMILES string of the molecule is COCCN(C(=O)C1CCCC1)C(C)c1nc2ccccc2c(=O)n1-c1ccc(Cl)cc1C. The Balaban J connectivity index is 1.90. The Bertz CT molecular complexity index is 1220. The van der Waals surface area contributed by atoms with Gasteiger partial charge in [0, 0.05) is 24.6 Å². The number of hydrogen-bond acceptors (Lipinski definition) is 4. The molecule has 4 rings (SSSR count). The molecule has 1 aliphatic rings. The summed E-state index contributed by atoms with van der Waals surface area (Å²) in [4.78, 5) is 34.0. The zero-order valence-electron chi connectivity index (χ0n) is 19.4. The molecule has 174 valence electrons. The third kappa shape index (κ3) is 4.68. The molecular formula is C26H30ClN3O3. The van der Waals surface area contributed by atoms with Gasteiger partial charge in [-0.05, 0) is 62.6 Å². The number of amides is 1. The molecular weight excluding hydrogens is 438 g/mol. The third-order valence-corrected chi connectivity index (χ3v) is 6.80. The van der Waals surface area contributed by atoms with E-state index in [9.17, 15) is 9.59 Å². The first-order chi connectivity index (χ1) is 15.9. The molecule has 1 saturated carbocycles. The van der Waals surface area contributed by atoms with Crippen LogP contribution in [-0.4, -0.2) is 40.6 Å². The number of halogens is 1. The maximum Gasteiger partial charge on any atom is 0.266 e. The normalized spacial score (nSPS) is 15.2. The Kier molecular flexibility index (Phi) is 7.15. The topological polar surface area (TPSA) is 64.4 Å². The van der Waals surface area contributed by atoms with Gasteiger partial charge in [-0.2, -0.15) is 0 Å². The maximum atomic E-state index is 13.7. The molecule has 1 fully saturated rings. The molecule has 0 spiro atoms. The number of aromatic nitrogens is 2. The lowest BCUT2D eigenvalue weighted by atomic mass is 10.0. The van der Waals surface area contributed by atoms with Crippen LogP contribution < -0.4 is 5.56 Å². The number of hydrogen-bond donors (Lipinski definition) is 0. The average Bonchev–Trinajstić information content (AvgIpc) is 3.35. The van der Waals surface area contributed by atoms with Crippen molar-refractivity contribution in [3.05, 3.63) is 69.2 Å². The van der Waals surface area contributed by atoms with Gasteiger partial charge in [-0.1, -0.05) is 36.6 Å². The van der Waals surface area contributed by atoms with Crippen LogP contribution in [0.15, 0.2) is 47.3 Å². The second kappa shape index (κ2) is 10.1. The first-order valence-corrected chi connectivity index (χ1v) is 11.9. The number of methoxy groups -OCH3 is 1. The molecule has 0 bridgehead atoms. The van der Waals surface area contributed by atoms with E-state index in [4.69, 9.17) is 21.3 Å². The van der Waals surface area contributed by atoms with Gasteiger partial charge in [0.25, 0.3) is 5.56 Å². The van der Waals surface area contributed by atoms with E-state index in [1.807, 2.05) is 49.1 Å². The second-order valence-corrected chi connectivity index (χ2v) is 9.18. The van der Waals surface area contributed by atoms with Crippen LogP contribution in [0.25, 0.3) is 16.6 Å². The number of rotatable bonds is 7. The summed E-state index contributed by atoms with van der Waals surface area (Å²) in [6.45, 7) is 4.72. The van der Waals surface area contributed by atoms with E-state index >= 15 is 0 Å². The van der Waals surface area contributed by atoms with Gasteiger partial charge in [0.05, 0.1) is 29.2 Å². The molecule has 3 aromatic rings. The Morgan fingerprint density at radius 1 is 1.24 bits per heavy atom. The summed E-state index contributed by atoms with van der Waals surface area (Å²) < 4.78 is 6.95. The van der Waals surface area contributed by atoms with Crippen molar-refractivity contribution in [2.24, 2.45) is 5.92 Å². The van der Waals surface area contributed by atoms with Crippen molar-refractivity contribution < 1.29 is 9.53 Å². The van der Waals surface area contributed by atoms with E-state index in [0.717, 1.165) is 31.2 Å². The minimum absolute atomic E-state index is 0.0159. The summed E-state index contributed by atoms with van der Waals surface area (Å²) in [5, 5.41) is 1.14. The maximum absolute atomic E-state index is 13.7. The molecule has 6 nitrogen and oxygen atoms in total. The highest BCUT2D eigenvalue weighted by molar-refractivity contribution is 6.30. The number of carbonyl (C=O) groups is 1. The van der Waals surface area contributed by atoms with Crippen molar-refractivity contribution in [2.75, 3.05) is 20.3 Å². The molecule has 1 atom stereocenters. The number of fused-ring (bicyclic) bond motifs is 1. The van der Waals surface area contributed by atoms with Gasteiger partial charge in [0.1, 0.15) is 5.82 Å². The number of carbonyl (C=O) groups excluding carboxylic acids is 1.